The van der Waals surface area contributed by atoms with Gasteiger partial charge >= 0.3 is 36.1 Å². The van der Waals surface area contributed by atoms with Crippen LogP contribution in [0.4, 0.5) is 49.6 Å². The monoisotopic (exact) mass is 473 g/mol. The van der Waals surface area contributed by atoms with E-state index in [4.69, 9.17) is 0 Å². The van der Waals surface area contributed by atoms with Crippen molar-refractivity contribution in [1.82, 2.24) is 0 Å². The van der Waals surface area contributed by atoms with Crippen molar-refractivity contribution in [3.8, 4) is 11.5 Å². The molecule has 0 aliphatic carbocycles. The highest BCUT2D eigenvalue weighted by atomic mass is 19.4. The van der Waals surface area contributed by atoms with Crippen LogP contribution in [0.2, 0.25) is 0 Å². The number of ether oxygens (including phenoxy) is 2. The number of amides is 1. The molecule has 0 saturated carbocycles. The minimum absolute atomic E-state index is 0.0911. The summed E-state index contributed by atoms with van der Waals surface area (Å²) in [7, 11) is 0.862. The molecule has 0 saturated heterocycles. The molecule has 1 aromatic rings. The van der Waals surface area contributed by atoms with E-state index in [-0.39, 0.29) is 11.3 Å². The summed E-state index contributed by atoms with van der Waals surface area (Å²) in [5.74, 6) is -19.5. The first-order valence-electron chi connectivity index (χ1n) is 8.03. The molecule has 0 fully saturated rings. The Morgan fingerprint density at radius 2 is 1.39 bits per heavy atom. The molecule has 1 amide bonds. The zero-order valence-electron chi connectivity index (χ0n) is 15.5. The van der Waals surface area contributed by atoms with Crippen molar-refractivity contribution >= 4 is 17.6 Å². The van der Waals surface area contributed by atoms with E-state index >= 15 is 0 Å². The van der Waals surface area contributed by atoms with Crippen molar-refractivity contribution in [2.24, 2.45) is 0 Å². The molecular weight excluding hydrogens is 460 g/mol. The Morgan fingerprint density at radius 3 is 1.81 bits per heavy atom. The lowest BCUT2D eigenvalue weighted by atomic mass is 10.2. The molecule has 0 atom stereocenters. The lowest BCUT2D eigenvalue weighted by molar-refractivity contribution is -0.276. The van der Waals surface area contributed by atoms with Gasteiger partial charge in [0.05, 0.1) is 7.11 Å². The number of carbonyl (C=O) groups is 2. The van der Waals surface area contributed by atoms with Crippen LogP contribution in [0.25, 0.3) is 0 Å². The van der Waals surface area contributed by atoms with E-state index in [9.17, 15) is 53.5 Å². The standard InChI is InChI=1S/C16H13F10NO4/c1-3-6-27(11(28)13(17,18)15(21,22)23)8-4-5-9(30-2)10(7-8)31-12(29)14(19,20)16(24,25)26/h4-5,7H,3,6H2,1-2H3. The smallest absolute Gasteiger partial charge is 0.465 e. The van der Waals surface area contributed by atoms with Crippen LogP contribution in [0, 0.1) is 0 Å². The number of nitrogens with zero attached hydrogens (tertiary/aromatic N) is 1. The molecular formula is C16H13F10NO4. The van der Waals surface area contributed by atoms with E-state index in [1.54, 1.807) is 0 Å². The van der Waals surface area contributed by atoms with Crippen LogP contribution < -0.4 is 14.4 Å². The maximum Gasteiger partial charge on any atom is 0.465 e. The third kappa shape index (κ3) is 5.31. The first-order valence-corrected chi connectivity index (χ1v) is 8.03. The highest BCUT2D eigenvalue weighted by molar-refractivity contribution is 5.99. The Kier molecular flexibility index (Phi) is 7.45. The molecule has 176 valence electrons. The lowest BCUT2D eigenvalue weighted by Crippen LogP contribution is -2.52. The van der Waals surface area contributed by atoms with E-state index in [1.165, 1.54) is 6.92 Å². The van der Waals surface area contributed by atoms with Gasteiger partial charge in [-0.2, -0.15) is 43.9 Å². The van der Waals surface area contributed by atoms with Crippen molar-refractivity contribution in [3.63, 3.8) is 0 Å². The maximum atomic E-state index is 13.5. The van der Waals surface area contributed by atoms with Crippen LogP contribution in [0.1, 0.15) is 13.3 Å². The number of anilines is 1. The van der Waals surface area contributed by atoms with E-state index < -0.39 is 59.8 Å². The van der Waals surface area contributed by atoms with E-state index in [0.29, 0.717) is 12.1 Å². The summed E-state index contributed by atoms with van der Waals surface area (Å²) < 4.78 is 136. The molecule has 0 aliphatic rings. The molecule has 0 spiro atoms. The third-order valence-electron chi connectivity index (χ3n) is 3.59. The molecule has 15 heteroatoms. The quantitative estimate of drug-likeness (QED) is 0.326. The Bertz CT molecular complexity index is 820. The lowest BCUT2D eigenvalue weighted by Gasteiger charge is -2.28. The fourth-order valence-electron chi connectivity index (χ4n) is 2.05. The van der Waals surface area contributed by atoms with Crippen molar-refractivity contribution < 1.29 is 63.0 Å². The number of halogens is 10. The van der Waals surface area contributed by atoms with Gasteiger partial charge in [-0.05, 0) is 18.6 Å². The maximum absolute atomic E-state index is 13.5. The van der Waals surface area contributed by atoms with Gasteiger partial charge in [0.25, 0.3) is 0 Å². The van der Waals surface area contributed by atoms with Crippen molar-refractivity contribution in [2.75, 3.05) is 18.6 Å². The molecule has 31 heavy (non-hydrogen) atoms. The van der Waals surface area contributed by atoms with Gasteiger partial charge in [-0.3, -0.25) is 4.79 Å². The van der Waals surface area contributed by atoms with Gasteiger partial charge in [0.1, 0.15) is 0 Å². The fraction of sp³-hybridized carbons (Fsp3) is 0.500. The molecule has 0 heterocycles. The number of carbonyl (C=O) groups excluding carboxylic acids is 2. The zero-order chi connectivity index (χ0) is 24.4. The van der Waals surface area contributed by atoms with Crippen molar-refractivity contribution in [2.45, 2.75) is 37.5 Å². The van der Waals surface area contributed by atoms with E-state index in [1.807, 2.05) is 0 Å². The second kappa shape index (κ2) is 8.78. The normalized spacial score (nSPS) is 13.0. The van der Waals surface area contributed by atoms with Crippen LogP contribution in [0.5, 0.6) is 11.5 Å². The van der Waals surface area contributed by atoms with Gasteiger partial charge in [0.15, 0.2) is 11.5 Å². The molecule has 1 aromatic carbocycles. The van der Waals surface area contributed by atoms with E-state index in [0.717, 1.165) is 13.2 Å². The Labute approximate surface area is 167 Å². The fourth-order valence-corrected chi connectivity index (χ4v) is 2.05. The number of hydrogen-bond donors (Lipinski definition) is 0. The Balaban J connectivity index is 3.44. The second-order valence-electron chi connectivity index (χ2n) is 5.83. The number of alkyl halides is 10. The van der Waals surface area contributed by atoms with Crippen LogP contribution in [-0.2, 0) is 9.59 Å². The Morgan fingerprint density at radius 1 is 0.871 bits per heavy atom. The van der Waals surface area contributed by atoms with Gasteiger partial charge in [0, 0.05) is 18.3 Å². The molecule has 0 bridgehead atoms. The van der Waals surface area contributed by atoms with Crippen molar-refractivity contribution in [1.29, 1.82) is 0 Å². The number of hydrogen-bond acceptors (Lipinski definition) is 4. The first-order chi connectivity index (χ1) is 13.9. The molecule has 0 aromatic heterocycles. The highest BCUT2D eigenvalue weighted by Gasteiger charge is 2.66. The van der Waals surface area contributed by atoms with Gasteiger partial charge in [0.2, 0.25) is 0 Å². The minimum atomic E-state index is -6.34. The number of methoxy groups -OCH3 is 1. The molecule has 5 nitrogen and oxygen atoms in total. The van der Waals surface area contributed by atoms with Gasteiger partial charge in [-0.1, -0.05) is 6.92 Å². The van der Waals surface area contributed by atoms with E-state index in [2.05, 4.69) is 9.47 Å². The average Bonchev–Trinajstić information content (AvgIpc) is 2.63. The first kappa shape index (κ1) is 26.3. The van der Waals surface area contributed by atoms with Gasteiger partial charge in [-0.25, -0.2) is 4.79 Å². The Hall–Kier alpha value is -2.74. The second-order valence-corrected chi connectivity index (χ2v) is 5.83. The zero-order valence-corrected chi connectivity index (χ0v) is 15.5. The molecule has 0 radical (unpaired) electrons. The predicted octanol–water partition coefficient (Wildman–Crippen LogP) is 4.74. The summed E-state index contributed by atoms with van der Waals surface area (Å²) in [5, 5.41) is 0. The molecule has 1 rings (SSSR count). The number of esters is 1. The van der Waals surface area contributed by atoms with Crippen LogP contribution >= 0.6 is 0 Å². The molecule has 0 unspecified atom stereocenters. The van der Waals surface area contributed by atoms with Gasteiger partial charge < -0.3 is 14.4 Å². The SMILES string of the molecule is CCCN(C(=O)C(F)(F)C(F)(F)F)c1ccc(OC)c(OC(=O)C(F)(F)C(F)(F)F)c1. The average molecular weight is 473 g/mol. The molecule has 0 N–H and O–H groups in total. The summed E-state index contributed by atoms with van der Waals surface area (Å²) in [6, 6.07) is 1.77. The number of rotatable bonds is 7. The van der Waals surface area contributed by atoms with Crippen LogP contribution in [-0.4, -0.2) is 49.7 Å². The topological polar surface area (TPSA) is 55.8 Å². The highest BCUT2D eigenvalue weighted by Crippen LogP contribution is 2.41. The minimum Gasteiger partial charge on any atom is -0.493 e. The van der Waals surface area contributed by atoms with Crippen LogP contribution in [0.3, 0.4) is 0 Å². The summed E-state index contributed by atoms with van der Waals surface area (Å²) in [4.78, 5) is 23.0. The van der Waals surface area contributed by atoms with Crippen molar-refractivity contribution in [3.05, 3.63) is 18.2 Å². The summed E-state index contributed by atoms with van der Waals surface area (Å²) in [6.07, 6.45) is -12.8. The number of benzene rings is 1. The summed E-state index contributed by atoms with van der Waals surface area (Å²) in [6.45, 7) is 0.559. The largest absolute Gasteiger partial charge is 0.493 e. The predicted molar refractivity (Wildman–Crippen MR) is 83.3 cm³/mol. The third-order valence-corrected chi connectivity index (χ3v) is 3.59. The van der Waals surface area contributed by atoms with Gasteiger partial charge in [-0.15, -0.1) is 0 Å². The summed E-state index contributed by atoms with van der Waals surface area (Å²) >= 11 is 0. The molecule has 0 aliphatic heterocycles. The summed E-state index contributed by atoms with van der Waals surface area (Å²) in [5.41, 5.74) is -0.810. The van der Waals surface area contributed by atoms with Crippen LogP contribution in [0.15, 0.2) is 18.2 Å².